The monoisotopic (exact) mass is 476 g/mol. The van der Waals surface area contributed by atoms with Gasteiger partial charge in [0.2, 0.25) is 15.8 Å². The Balaban J connectivity index is 1.79. The molecule has 32 heavy (non-hydrogen) atoms. The minimum atomic E-state index is -3.66. The molecule has 11 heteroatoms. The fraction of sp³-hybridized carbons (Fsp3) is 0.333. The number of tetrazole rings is 1. The fourth-order valence-electron chi connectivity index (χ4n) is 3.11. The van der Waals surface area contributed by atoms with Gasteiger partial charge in [-0.15, -0.1) is 10.2 Å². The molecule has 0 spiro atoms. The number of benzene rings is 2. The van der Waals surface area contributed by atoms with Crippen LogP contribution >= 0.6 is 11.6 Å². The maximum absolute atomic E-state index is 12.9. The van der Waals surface area contributed by atoms with E-state index in [2.05, 4.69) is 20.7 Å². The number of aryl methyl sites for hydroxylation is 1. The van der Waals surface area contributed by atoms with Crippen molar-refractivity contribution < 1.29 is 13.2 Å². The number of nitrogens with zero attached hydrogens (tertiary/aromatic N) is 5. The number of hydrogen-bond acceptors (Lipinski definition) is 6. The number of carbonyl (C=O) groups is 1. The van der Waals surface area contributed by atoms with E-state index in [1.807, 2.05) is 0 Å². The average Bonchev–Trinajstić information content (AvgIpc) is 3.25. The summed E-state index contributed by atoms with van der Waals surface area (Å²) in [5.41, 5.74) is 1.70. The largest absolute Gasteiger partial charge is 0.324 e. The topological polar surface area (TPSA) is 110 Å². The molecule has 0 saturated heterocycles. The third-order valence-corrected chi connectivity index (χ3v) is 7.48. The number of carbonyl (C=O) groups excluding carboxylic acids is 1. The molecular formula is C21H25ClN6O3S. The summed E-state index contributed by atoms with van der Waals surface area (Å²) >= 11 is 5.90. The van der Waals surface area contributed by atoms with E-state index >= 15 is 0 Å². The van der Waals surface area contributed by atoms with Gasteiger partial charge in [0, 0.05) is 29.4 Å². The highest BCUT2D eigenvalue weighted by Gasteiger charge is 2.25. The van der Waals surface area contributed by atoms with Gasteiger partial charge in [-0.1, -0.05) is 31.5 Å². The molecular weight excluding hydrogens is 452 g/mol. The van der Waals surface area contributed by atoms with Crippen molar-refractivity contribution in [1.82, 2.24) is 24.5 Å². The van der Waals surface area contributed by atoms with E-state index < -0.39 is 22.0 Å². The minimum Gasteiger partial charge on any atom is -0.324 e. The predicted octanol–water partition coefficient (Wildman–Crippen LogP) is 3.53. The Morgan fingerprint density at radius 3 is 2.44 bits per heavy atom. The first-order chi connectivity index (χ1) is 15.2. The van der Waals surface area contributed by atoms with Gasteiger partial charge in [0.15, 0.2) is 0 Å². The number of aromatic nitrogens is 4. The van der Waals surface area contributed by atoms with E-state index in [9.17, 15) is 13.2 Å². The van der Waals surface area contributed by atoms with Crippen LogP contribution < -0.4 is 5.32 Å². The van der Waals surface area contributed by atoms with E-state index in [-0.39, 0.29) is 4.90 Å². The summed E-state index contributed by atoms with van der Waals surface area (Å²) in [5, 5.41) is 15.6. The SMILES string of the molecule is CCN(CC)S(=O)(=O)c1cc(NC(=O)C(C)n2nnc(-c3ccc(Cl)cc3)n2)ccc1C. The third kappa shape index (κ3) is 4.98. The van der Waals surface area contributed by atoms with Crippen LogP contribution in [0.15, 0.2) is 47.4 Å². The molecule has 0 aliphatic carbocycles. The minimum absolute atomic E-state index is 0.163. The van der Waals surface area contributed by atoms with Gasteiger partial charge in [-0.3, -0.25) is 4.79 Å². The van der Waals surface area contributed by atoms with E-state index in [0.717, 1.165) is 5.56 Å². The van der Waals surface area contributed by atoms with Crippen molar-refractivity contribution in [2.24, 2.45) is 0 Å². The van der Waals surface area contributed by atoms with Crippen molar-refractivity contribution in [2.45, 2.75) is 38.6 Å². The summed E-state index contributed by atoms with van der Waals surface area (Å²) in [6, 6.07) is 11.0. The molecule has 0 aliphatic rings. The lowest BCUT2D eigenvalue weighted by Gasteiger charge is -2.20. The van der Waals surface area contributed by atoms with Crippen LogP contribution in [-0.2, 0) is 14.8 Å². The second-order valence-corrected chi connectivity index (χ2v) is 9.52. The number of halogens is 1. The van der Waals surface area contributed by atoms with Gasteiger partial charge in [-0.25, -0.2) is 8.42 Å². The molecule has 1 unspecified atom stereocenters. The van der Waals surface area contributed by atoms with Gasteiger partial charge in [0.25, 0.3) is 5.91 Å². The van der Waals surface area contributed by atoms with Gasteiger partial charge in [-0.05, 0) is 61.0 Å². The maximum atomic E-state index is 12.9. The molecule has 170 valence electrons. The van der Waals surface area contributed by atoms with Crippen molar-refractivity contribution in [1.29, 1.82) is 0 Å². The van der Waals surface area contributed by atoms with Crippen molar-refractivity contribution in [2.75, 3.05) is 18.4 Å². The number of amides is 1. The van der Waals surface area contributed by atoms with Gasteiger partial charge >= 0.3 is 0 Å². The van der Waals surface area contributed by atoms with Crippen LogP contribution in [0, 0.1) is 6.92 Å². The van der Waals surface area contributed by atoms with Crippen LogP contribution in [0.25, 0.3) is 11.4 Å². The molecule has 3 aromatic rings. The van der Waals surface area contributed by atoms with E-state index in [4.69, 9.17) is 11.6 Å². The van der Waals surface area contributed by atoms with Gasteiger partial charge in [0.1, 0.15) is 6.04 Å². The Hall–Kier alpha value is -2.82. The molecule has 1 aromatic heterocycles. The quantitative estimate of drug-likeness (QED) is 0.532. The third-order valence-electron chi connectivity index (χ3n) is 5.04. The summed E-state index contributed by atoms with van der Waals surface area (Å²) in [6.45, 7) is 7.65. The molecule has 1 heterocycles. The second-order valence-electron chi connectivity index (χ2n) is 7.18. The maximum Gasteiger partial charge on any atom is 0.250 e. The first kappa shape index (κ1) is 23.8. The standard InChI is InChI=1S/C21H25ClN6O3S/c1-5-27(6-2)32(30,31)19-13-18(12-7-14(19)3)23-21(29)15(4)28-25-20(24-26-28)16-8-10-17(22)11-9-16/h7-13,15H,5-6H2,1-4H3,(H,23,29). The number of hydrogen-bond donors (Lipinski definition) is 1. The molecule has 0 saturated carbocycles. The van der Waals surface area contributed by atoms with Crippen LogP contribution in [-0.4, -0.2) is 51.9 Å². The normalized spacial score (nSPS) is 12.7. The van der Waals surface area contributed by atoms with Crippen molar-refractivity contribution in [3.63, 3.8) is 0 Å². The van der Waals surface area contributed by atoms with Gasteiger partial charge in [0.05, 0.1) is 4.90 Å². The molecule has 2 aromatic carbocycles. The van der Waals surface area contributed by atoms with Gasteiger partial charge < -0.3 is 5.32 Å². The van der Waals surface area contributed by atoms with Crippen LogP contribution in [0.3, 0.4) is 0 Å². The Morgan fingerprint density at radius 1 is 1.16 bits per heavy atom. The average molecular weight is 477 g/mol. The second kappa shape index (κ2) is 9.76. The summed E-state index contributed by atoms with van der Waals surface area (Å²) in [5.74, 6) is -0.0376. The Labute approximate surface area is 192 Å². The zero-order valence-corrected chi connectivity index (χ0v) is 19.9. The molecule has 9 nitrogen and oxygen atoms in total. The summed E-state index contributed by atoms with van der Waals surface area (Å²) < 4.78 is 27.3. The highest BCUT2D eigenvalue weighted by atomic mass is 35.5. The van der Waals surface area contributed by atoms with E-state index in [1.54, 1.807) is 64.1 Å². The highest BCUT2D eigenvalue weighted by Crippen LogP contribution is 2.24. The molecule has 1 atom stereocenters. The van der Waals surface area contributed by atoms with Crippen LogP contribution in [0.4, 0.5) is 5.69 Å². The number of rotatable bonds is 8. The zero-order chi connectivity index (χ0) is 23.5. The summed E-state index contributed by atoms with van der Waals surface area (Å²) in [6.07, 6.45) is 0. The van der Waals surface area contributed by atoms with Crippen molar-refractivity contribution in [3.8, 4) is 11.4 Å². The van der Waals surface area contributed by atoms with E-state index in [0.29, 0.717) is 35.2 Å². The molecule has 0 bridgehead atoms. The molecule has 0 radical (unpaired) electrons. The molecule has 0 aliphatic heterocycles. The smallest absolute Gasteiger partial charge is 0.250 e. The molecule has 1 amide bonds. The first-order valence-electron chi connectivity index (χ1n) is 10.1. The number of sulfonamides is 1. The summed E-state index contributed by atoms with van der Waals surface area (Å²) in [7, 11) is -3.66. The first-order valence-corrected chi connectivity index (χ1v) is 12.0. The molecule has 3 rings (SSSR count). The predicted molar refractivity (Wildman–Crippen MR) is 123 cm³/mol. The lowest BCUT2D eigenvalue weighted by Crippen LogP contribution is -2.31. The van der Waals surface area contributed by atoms with Crippen molar-refractivity contribution in [3.05, 3.63) is 53.1 Å². The zero-order valence-electron chi connectivity index (χ0n) is 18.3. The number of anilines is 1. The highest BCUT2D eigenvalue weighted by molar-refractivity contribution is 7.89. The number of nitrogens with one attached hydrogen (secondary N) is 1. The van der Waals surface area contributed by atoms with Crippen LogP contribution in [0.2, 0.25) is 5.02 Å². The Morgan fingerprint density at radius 2 is 1.81 bits per heavy atom. The fourth-order valence-corrected chi connectivity index (χ4v) is 4.95. The van der Waals surface area contributed by atoms with Gasteiger partial charge in [-0.2, -0.15) is 9.10 Å². The Kier molecular flexibility index (Phi) is 7.27. The van der Waals surface area contributed by atoms with Crippen LogP contribution in [0.5, 0.6) is 0 Å². The lowest BCUT2D eigenvalue weighted by atomic mass is 10.2. The molecule has 0 fully saturated rings. The summed E-state index contributed by atoms with van der Waals surface area (Å²) in [4.78, 5) is 14.2. The van der Waals surface area contributed by atoms with Crippen LogP contribution in [0.1, 0.15) is 32.4 Å². The van der Waals surface area contributed by atoms with Crippen molar-refractivity contribution >= 4 is 33.2 Å². The Bertz CT molecular complexity index is 1210. The van der Waals surface area contributed by atoms with E-state index in [1.165, 1.54) is 15.2 Å². The molecule has 1 N–H and O–H groups in total. The lowest BCUT2D eigenvalue weighted by molar-refractivity contribution is -0.119.